The largest absolute Gasteiger partial charge is 0.355 e. The van der Waals surface area contributed by atoms with Crippen LogP contribution < -0.4 is 10.5 Å². The molecule has 0 bridgehead atoms. The minimum atomic E-state index is -0.258. The minimum Gasteiger partial charge on any atom is -0.355 e. The van der Waals surface area contributed by atoms with Gasteiger partial charge in [0.1, 0.15) is 21.8 Å². The summed E-state index contributed by atoms with van der Waals surface area (Å²) in [6.45, 7) is 10.3. The number of pyridine rings is 1. The minimum absolute atomic E-state index is 0.104. The van der Waals surface area contributed by atoms with Crippen LogP contribution in [0.1, 0.15) is 43.4 Å². The van der Waals surface area contributed by atoms with Crippen LogP contribution in [0.2, 0.25) is 0 Å². The van der Waals surface area contributed by atoms with E-state index in [0.29, 0.717) is 27.9 Å². The van der Waals surface area contributed by atoms with Gasteiger partial charge in [-0.25, -0.2) is 0 Å². The topological polar surface area (TPSA) is 72.6 Å². The molecule has 0 unspecified atom stereocenters. The van der Waals surface area contributed by atoms with Gasteiger partial charge in [-0.1, -0.05) is 37.8 Å². The molecule has 0 aromatic carbocycles. The van der Waals surface area contributed by atoms with Crippen LogP contribution in [0.3, 0.4) is 0 Å². The second kappa shape index (κ2) is 9.98. The molecule has 3 heterocycles. The fourth-order valence-electron chi connectivity index (χ4n) is 3.98. The van der Waals surface area contributed by atoms with Crippen molar-refractivity contribution in [3.63, 3.8) is 0 Å². The molecule has 1 aromatic heterocycles. The van der Waals surface area contributed by atoms with Crippen molar-refractivity contribution in [1.29, 1.82) is 5.26 Å². The number of thioether (sulfide) groups is 1. The fraction of sp³-hybridized carbons (Fsp3) is 0.545. The van der Waals surface area contributed by atoms with E-state index in [1.165, 1.54) is 11.8 Å². The molecule has 0 radical (unpaired) electrons. The molecule has 0 spiro atoms. The third-order valence-electron chi connectivity index (χ3n) is 5.69. The highest BCUT2D eigenvalue weighted by molar-refractivity contribution is 8.26. The molecule has 166 valence electrons. The van der Waals surface area contributed by atoms with E-state index in [4.69, 9.17) is 12.2 Å². The predicted octanol–water partition coefficient (Wildman–Crippen LogP) is 2.80. The average Bonchev–Trinajstić information content (AvgIpc) is 3.01. The molecule has 2 saturated heterocycles. The number of nitrogens with zero attached hydrogens (tertiary/aromatic N) is 5. The maximum absolute atomic E-state index is 13.2. The summed E-state index contributed by atoms with van der Waals surface area (Å²) < 4.78 is 2.27. The van der Waals surface area contributed by atoms with Crippen LogP contribution in [0.5, 0.6) is 0 Å². The number of hydrogen-bond donors (Lipinski definition) is 0. The number of nitriles is 1. The molecule has 0 N–H and O–H groups in total. The highest BCUT2D eigenvalue weighted by Gasteiger charge is 2.33. The van der Waals surface area contributed by atoms with E-state index in [1.54, 1.807) is 16.4 Å². The summed E-state index contributed by atoms with van der Waals surface area (Å²) in [5.74, 6) is 0.699. The van der Waals surface area contributed by atoms with E-state index in [9.17, 15) is 14.9 Å². The van der Waals surface area contributed by atoms with Crippen LogP contribution in [0.25, 0.3) is 6.08 Å². The molecule has 0 saturated carbocycles. The smallest absolute Gasteiger partial charge is 0.270 e. The zero-order valence-electron chi connectivity index (χ0n) is 18.6. The summed E-state index contributed by atoms with van der Waals surface area (Å²) >= 11 is 6.71. The predicted molar refractivity (Wildman–Crippen MR) is 130 cm³/mol. The third-order valence-corrected chi connectivity index (χ3v) is 7.07. The van der Waals surface area contributed by atoms with Gasteiger partial charge >= 0.3 is 0 Å². The molecule has 31 heavy (non-hydrogen) atoms. The van der Waals surface area contributed by atoms with Gasteiger partial charge in [-0.15, -0.1) is 0 Å². The van der Waals surface area contributed by atoms with Crippen molar-refractivity contribution in [2.75, 3.05) is 44.7 Å². The first-order valence-corrected chi connectivity index (χ1v) is 11.9. The van der Waals surface area contributed by atoms with E-state index in [-0.39, 0.29) is 17.0 Å². The number of piperazine rings is 1. The summed E-state index contributed by atoms with van der Waals surface area (Å²) in [4.78, 5) is 32.8. The van der Waals surface area contributed by atoms with E-state index < -0.39 is 0 Å². The lowest BCUT2D eigenvalue weighted by molar-refractivity contribution is -0.122. The lowest BCUT2D eigenvalue weighted by atomic mass is 10.0. The van der Waals surface area contributed by atoms with Gasteiger partial charge in [0.15, 0.2) is 0 Å². The highest BCUT2D eigenvalue weighted by Crippen LogP contribution is 2.36. The van der Waals surface area contributed by atoms with Gasteiger partial charge < -0.3 is 9.80 Å². The van der Waals surface area contributed by atoms with Crippen molar-refractivity contribution in [1.82, 2.24) is 14.4 Å². The molecule has 7 nitrogen and oxygen atoms in total. The van der Waals surface area contributed by atoms with Gasteiger partial charge in [0.05, 0.1) is 4.91 Å². The standard InChI is InChI=1S/C22H29N5O2S2/c1-5-7-26-19(25-11-9-24(4)10-12-25)16(15(3)17(14-23)20(26)28)13-18-21(29)27(8-6-2)22(30)31-18/h13H,5-12H2,1-4H3. The highest BCUT2D eigenvalue weighted by atomic mass is 32.2. The van der Waals surface area contributed by atoms with E-state index in [2.05, 4.69) is 22.9 Å². The van der Waals surface area contributed by atoms with Crippen molar-refractivity contribution in [3.05, 3.63) is 31.9 Å². The lowest BCUT2D eigenvalue weighted by Gasteiger charge is -2.36. The van der Waals surface area contributed by atoms with Gasteiger partial charge in [-0.05, 0) is 38.5 Å². The zero-order valence-corrected chi connectivity index (χ0v) is 20.2. The van der Waals surface area contributed by atoms with E-state index >= 15 is 0 Å². The van der Waals surface area contributed by atoms with Gasteiger partial charge in [-0.3, -0.25) is 19.1 Å². The summed E-state index contributed by atoms with van der Waals surface area (Å²) in [7, 11) is 2.08. The number of rotatable bonds is 6. The van der Waals surface area contributed by atoms with Crippen LogP contribution in [0.4, 0.5) is 5.82 Å². The SMILES string of the molecule is CCCN1C(=O)C(=Cc2c(C)c(C#N)c(=O)n(CCC)c2N2CCN(C)CC2)SC1=S. The number of anilines is 1. The first-order chi connectivity index (χ1) is 14.8. The monoisotopic (exact) mass is 459 g/mol. The summed E-state index contributed by atoms with van der Waals surface area (Å²) in [5, 5.41) is 9.71. The Balaban J connectivity index is 2.22. The maximum Gasteiger partial charge on any atom is 0.270 e. The second-order valence-electron chi connectivity index (χ2n) is 7.93. The number of amides is 1. The van der Waals surface area contributed by atoms with Crippen LogP contribution >= 0.6 is 24.0 Å². The normalized spacial score (nSPS) is 18.9. The molecular formula is C22H29N5O2S2. The molecule has 2 aliphatic heterocycles. The quantitative estimate of drug-likeness (QED) is 0.478. The molecule has 1 amide bonds. The molecule has 9 heteroatoms. The fourth-order valence-corrected chi connectivity index (χ4v) is 5.27. The first-order valence-electron chi connectivity index (χ1n) is 10.7. The van der Waals surface area contributed by atoms with E-state index in [0.717, 1.165) is 50.4 Å². The Labute approximate surface area is 193 Å². The number of hydrogen-bond acceptors (Lipinski definition) is 7. The van der Waals surface area contributed by atoms with Gasteiger partial charge in [0.25, 0.3) is 11.5 Å². The van der Waals surface area contributed by atoms with Gasteiger partial charge in [0.2, 0.25) is 0 Å². The van der Waals surface area contributed by atoms with Crippen molar-refractivity contribution >= 4 is 46.1 Å². The number of carbonyl (C=O) groups is 1. The average molecular weight is 460 g/mol. The van der Waals surface area contributed by atoms with Crippen LogP contribution in [0.15, 0.2) is 9.70 Å². The summed E-state index contributed by atoms with van der Waals surface area (Å²) in [6.07, 6.45) is 3.43. The maximum atomic E-state index is 13.2. The van der Waals surface area contributed by atoms with Crippen LogP contribution in [0, 0.1) is 18.3 Å². The Kier molecular flexibility index (Phi) is 7.57. The molecule has 1 aromatic rings. The van der Waals surface area contributed by atoms with Crippen molar-refractivity contribution in [3.8, 4) is 6.07 Å². The molecule has 0 aliphatic carbocycles. The van der Waals surface area contributed by atoms with Crippen LogP contribution in [-0.4, -0.2) is 64.4 Å². The molecule has 2 fully saturated rings. The van der Waals surface area contributed by atoms with Crippen molar-refractivity contribution in [2.45, 2.75) is 40.2 Å². The molecule has 2 aliphatic rings. The Morgan fingerprint density at radius 2 is 1.77 bits per heavy atom. The van der Waals surface area contributed by atoms with Crippen molar-refractivity contribution < 1.29 is 4.79 Å². The Bertz CT molecular complexity index is 1020. The number of likely N-dealkylation sites (N-methyl/N-ethyl adjacent to an activating group) is 1. The number of carbonyl (C=O) groups excluding carboxylic acids is 1. The van der Waals surface area contributed by atoms with Crippen LogP contribution in [-0.2, 0) is 11.3 Å². The van der Waals surface area contributed by atoms with E-state index in [1.807, 2.05) is 19.9 Å². The molecular weight excluding hydrogens is 430 g/mol. The Morgan fingerprint density at radius 1 is 1.13 bits per heavy atom. The zero-order chi connectivity index (χ0) is 22.7. The second-order valence-corrected chi connectivity index (χ2v) is 9.61. The Morgan fingerprint density at radius 3 is 2.35 bits per heavy atom. The van der Waals surface area contributed by atoms with Gasteiger partial charge in [0, 0.05) is 44.8 Å². The van der Waals surface area contributed by atoms with Gasteiger partial charge in [-0.2, -0.15) is 5.26 Å². The summed E-state index contributed by atoms with van der Waals surface area (Å²) in [5.41, 5.74) is 1.27. The third kappa shape index (κ3) is 4.56. The molecule has 3 rings (SSSR count). The Hall–Kier alpha value is -2.15. The first kappa shape index (κ1) is 23.5. The van der Waals surface area contributed by atoms with Crippen molar-refractivity contribution in [2.24, 2.45) is 0 Å². The number of aromatic nitrogens is 1. The number of thiocarbonyl (C=S) groups is 1. The molecule has 0 atom stereocenters. The summed E-state index contributed by atoms with van der Waals surface area (Å²) in [6, 6.07) is 2.10. The lowest BCUT2D eigenvalue weighted by Crippen LogP contribution is -2.47.